The fourth-order valence-corrected chi connectivity index (χ4v) is 3.43. The molecule has 5 heteroatoms. The van der Waals surface area contributed by atoms with Crippen LogP contribution in [0.5, 0.6) is 0 Å². The van der Waals surface area contributed by atoms with E-state index in [0.717, 1.165) is 43.3 Å². The van der Waals surface area contributed by atoms with E-state index in [0.29, 0.717) is 12.1 Å². The Labute approximate surface area is 124 Å². The number of ether oxygens (including phenoxy) is 1. The molecular weight excluding hydrogens is 264 g/mol. The Bertz CT molecular complexity index is 564. The number of imidazole rings is 1. The number of hydrogen-bond acceptors (Lipinski definition) is 4. The van der Waals surface area contributed by atoms with Crippen molar-refractivity contribution in [2.45, 2.75) is 31.3 Å². The second-order valence-corrected chi connectivity index (χ2v) is 6.07. The number of aromatic amines is 1. The maximum atomic E-state index is 5.49. The Morgan fingerprint density at radius 3 is 2.81 bits per heavy atom. The summed E-state index contributed by atoms with van der Waals surface area (Å²) in [7, 11) is 0. The molecule has 0 bridgehead atoms. The molecule has 2 N–H and O–H groups in total. The molecule has 1 unspecified atom stereocenters. The van der Waals surface area contributed by atoms with E-state index >= 15 is 0 Å². The molecule has 2 aromatic rings. The van der Waals surface area contributed by atoms with Crippen molar-refractivity contribution in [1.29, 1.82) is 0 Å². The number of likely N-dealkylation sites (tertiary alicyclic amines) is 1. The van der Waals surface area contributed by atoms with Crippen molar-refractivity contribution >= 4 is 17.0 Å². The third kappa shape index (κ3) is 2.76. The lowest BCUT2D eigenvalue weighted by Gasteiger charge is -2.35. The number of para-hydroxylation sites is 2. The van der Waals surface area contributed by atoms with Gasteiger partial charge in [-0.1, -0.05) is 12.1 Å². The SMILES string of the molecule is c1ccc2[nH]c(NC3CCN(C4CCOC4)CC3)nc2c1. The maximum Gasteiger partial charge on any atom is 0.201 e. The summed E-state index contributed by atoms with van der Waals surface area (Å²) in [6.07, 6.45) is 3.54. The summed E-state index contributed by atoms with van der Waals surface area (Å²) in [5.41, 5.74) is 2.13. The van der Waals surface area contributed by atoms with Crippen LogP contribution in [0.1, 0.15) is 19.3 Å². The number of nitrogens with zero attached hydrogens (tertiary/aromatic N) is 2. The van der Waals surface area contributed by atoms with Crippen LogP contribution in [-0.2, 0) is 4.74 Å². The molecule has 2 aliphatic rings. The average molecular weight is 286 g/mol. The topological polar surface area (TPSA) is 53.2 Å². The normalized spacial score (nSPS) is 24.7. The first-order valence-electron chi connectivity index (χ1n) is 7.91. The van der Waals surface area contributed by atoms with Crippen molar-refractivity contribution in [2.24, 2.45) is 0 Å². The zero-order valence-electron chi connectivity index (χ0n) is 12.2. The van der Waals surface area contributed by atoms with Crippen molar-refractivity contribution in [1.82, 2.24) is 14.9 Å². The summed E-state index contributed by atoms with van der Waals surface area (Å²) in [6.45, 7) is 4.17. The quantitative estimate of drug-likeness (QED) is 0.908. The van der Waals surface area contributed by atoms with Gasteiger partial charge in [0.25, 0.3) is 0 Å². The van der Waals surface area contributed by atoms with Gasteiger partial charge in [-0.3, -0.25) is 4.90 Å². The van der Waals surface area contributed by atoms with Crippen molar-refractivity contribution < 1.29 is 4.74 Å². The van der Waals surface area contributed by atoms with Gasteiger partial charge in [0.2, 0.25) is 5.95 Å². The Morgan fingerprint density at radius 2 is 2.05 bits per heavy atom. The minimum Gasteiger partial charge on any atom is -0.380 e. The number of anilines is 1. The van der Waals surface area contributed by atoms with Crippen LogP contribution in [0, 0.1) is 0 Å². The molecule has 0 aliphatic carbocycles. The van der Waals surface area contributed by atoms with Gasteiger partial charge in [-0.05, 0) is 31.4 Å². The lowest BCUT2D eigenvalue weighted by Crippen LogP contribution is -2.44. The van der Waals surface area contributed by atoms with E-state index in [2.05, 4.69) is 26.3 Å². The highest BCUT2D eigenvalue weighted by molar-refractivity contribution is 5.77. The number of piperidine rings is 1. The van der Waals surface area contributed by atoms with Gasteiger partial charge in [0.1, 0.15) is 0 Å². The Kier molecular flexibility index (Phi) is 3.53. The van der Waals surface area contributed by atoms with Crippen LogP contribution < -0.4 is 5.32 Å². The molecule has 112 valence electrons. The van der Waals surface area contributed by atoms with Crippen LogP contribution in [0.2, 0.25) is 0 Å². The first-order chi connectivity index (χ1) is 10.4. The summed E-state index contributed by atoms with van der Waals surface area (Å²) in [5, 5.41) is 3.56. The van der Waals surface area contributed by atoms with Crippen LogP contribution in [0.15, 0.2) is 24.3 Å². The molecule has 1 atom stereocenters. The number of benzene rings is 1. The smallest absolute Gasteiger partial charge is 0.201 e. The number of hydrogen-bond donors (Lipinski definition) is 2. The number of aromatic nitrogens is 2. The molecule has 21 heavy (non-hydrogen) atoms. The van der Waals surface area contributed by atoms with E-state index in [4.69, 9.17) is 4.74 Å². The van der Waals surface area contributed by atoms with Crippen LogP contribution in [-0.4, -0.2) is 53.3 Å². The molecule has 4 rings (SSSR count). The minimum atomic E-state index is 0.518. The van der Waals surface area contributed by atoms with Crippen molar-refractivity contribution in [3.8, 4) is 0 Å². The van der Waals surface area contributed by atoms with Crippen molar-refractivity contribution in [2.75, 3.05) is 31.6 Å². The molecule has 1 aromatic carbocycles. The van der Waals surface area contributed by atoms with E-state index in [-0.39, 0.29) is 0 Å². The Balaban J connectivity index is 1.35. The number of rotatable bonds is 3. The highest BCUT2D eigenvalue weighted by Crippen LogP contribution is 2.21. The fraction of sp³-hybridized carbons (Fsp3) is 0.562. The second-order valence-electron chi connectivity index (χ2n) is 6.07. The van der Waals surface area contributed by atoms with Crippen LogP contribution in [0.4, 0.5) is 5.95 Å². The van der Waals surface area contributed by atoms with Gasteiger partial charge >= 0.3 is 0 Å². The van der Waals surface area contributed by atoms with E-state index < -0.39 is 0 Å². The lowest BCUT2D eigenvalue weighted by molar-refractivity contribution is 0.124. The second kappa shape index (κ2) is 5.66. The van der Waals surface area contributed by atoms with Gasteiger partial charge in [-0.2, -0.15) is 0 Å². The van der Waals surface area contributed by atoms with Gasteiger partial charge in [0.15, 0.2) is 0 Å². The van der Waals surface area contributed by atoms with E-state index in [1.165, 1.54) is 19.3 Å². The molecular formula is C16H22N4O. The number of nitrogens with one attached hydrogen (secondary N) is 2. The third-order valence-corrected chi connectivity index (χ3v) is 4.68. The van der Waals surface area contributed by atoms with Crippen LogP contribution >= 0.6 is 0 Å². The highest BCUT2D eigenvalue weighted by Gasteiger charge is 2.27. The van der Waals surface area contributed by atoms with Gasteiger partial charge in [-0.15, -0.1) is 0 Å². The Morgan fingerprint density at radius 1 is 1.19 bits per heavy atom. The zero-order chi connectivity index (χ0) is 14.1. The van der Waals surface area contributed by atoms with Gasteiger partial charge in [-0.25, -0.2) is 4.98 Å². The summed E-state index contributed by atoms with van der Waals surface area (Å²) < 4.78 is 5.49. The van der Waals surface area contributed by atoms with Gasteiger partial charge in [0, 0.05) is 31.8 Å². The third-order valence-electron chi connectivity index (χ3n) is 4.68. The molecule has 5 nitrogen and oxygen atoms in total. The standard InChI is InChI=1S/C16H22N4O/c1-2-4-15-14(3-1)18-16(19-15)17-12-5-8-20(9-6-12)13-7-10-21-11-13/h1-4,12-13H,5-11H2,(H2,17,18,19). The molecule has 0 amide bonds. The Hall–Kier alpha value is -1.59. The van der Waals surface area contributed by atoms with Crippen LogP contribution in [0.3, 0.4) is 0 Å². The molecule has 2 fully saturated rings. The largest absolute Gasteiger partial charge is 0.380 e. The zero-order valence-corrected chi connectivity index (χ0v) is 12.2. The summed E-state index contributed by atoms with van der Waals surface area (Å²) >= 11 is 0. The van der Waals surface area contributed by atoms with Gasteiger partial charge in [0.05, 0.1) is 17.6 Å². The molecule has 2 saturated heterocycles. The average Bonchev–Trinajstić information content (AvgIpc) is 3.17. The predicted molar refractivity (Wildman–Crippen MR) is 83.5 cm³/mol. The lowest BCUT2D eigenvalue weighted by atomic mass is 10.0. The first kappa shape index (κ1) is 13.1. The highest BCUT2D eigenvalue weighted by atomic mass is 16.5. The molecule has 0 radical (unpaired) electrons. The fourth-order valence-electron chi connectivity index (χ4n) is 3.43. The molecule has 1 aromatic heterocycles. The predicted octanol–water partition coefficient (Wildman–Crippen LogP) is 2.23. The minimum absolute atomic E-state index is 0.518. The van der Waals surface area contributed by atoms with Crippen molar-refractivity contribution in [3.63, 3.8) is 0 Å². The summed E-state index contributed by atoms with van der Waals surface area (Å²) in [4.78, 5) is 10.5. The number of H-pyrrole nitrogens is 1. The van der Waals surface area contributed by atoms with E-state index in [9.17, 15) is 0 Å². The summed E-state index contributed by atoms with van der Waals surface area (Å²) in [5.74, 6) is 0.902. The van der Waals surface area contributed by atoms with E-state index in [1.54, 1.807) is 0 Å². The molecule has 3 heterocycles. The molecule has 0 saturated carbocycles. The van der Waals surface area contributed by atoms with Crippen molar-refractivity contribution in [3.05, 3.63) is 24.3 Å². The van der Waals surface area contributed by atoms with E-state index in [1.807, 2.05) is 18.2 Å². The molecule has 2 aliphatic heterocycles. The van der Waals surface area contributed by atoms with Crippen LogP contribution in [0.25, 0.3) is 11.0 Å². The van der Waals surface area contributed by atoms with Gasteiger partial charge < -0.3 is 15.0 Å². The monoisotopic (exact) mass is 286 g/mol. The maximum absolute atomic E-state index is 5.49. The first-order valence-corrected chi connectivity index (χ1v) is 7.91. The summed E-state index contributed by atoms with van der Waals surface area (Å²) in [6, 6.07) is 9.33. The number of fused-ring (bicyclic) bond motifs is 1. The molecule has 0 spiro atoms.